The van der Waals surface area contributed by atoms with Crippen LogP contribution in [0.15, 0.2) is 60.7 Å². The Bertz CT molecular complexity index is 1160. The second-order valence-corrected chi connectivity index (χ2v) is 7.47. The molecule has 3 heterocycles. The molecule has 5 rings (SSSR count). The highest BCUT2D eigenvalue weighted by atomic mass is 16.5. The van der Waals surface area contributed by atoms with Crippen LogP contribution in [0.1, 0.15) is 12.8 Å². The molecule has 1 unspecified atom stereocenters. The van der Waals surface area contributed by atoms with Gasteiger partial charge in [0.25, 0.3) is 0 Å². The molecule has 0 saturated carbocycles. The molecule has 30 heavy (non-hydrogen) atoms. The van der Waals surface area contributed by atoms with Gasteiger partial charge in [-0.3, -0.25) is 5.10 Å². The van der Waals surface area contributed by atoms with E-state index >= 15 is 0 Å². The number of ether oxygens (including phenoxy) is 1. The fourth-order valence-electron chi connectivity index (χ4n) is 4.04. The number of nitrogens with two attached hydrogens (primary N) is 1. The van der Waals surface area contributed by atoms with E-state index in [2.05, 4.69) is 15.1 Å². The number of aliphatic hydroxyl groups excluding tert-OH is 1. The number of benzene rings is 2. The van der Waals surface area contributed by atoms with Gasteiger partial charge in [-0.2, -0.15) is 5.10 Å². The number of aromatic nitrogens is 3. The monoisotopic (exact) mass is 401 g/mol. The first-order valence-electron chi connectivity index (χ1n) is 10.1. The van der Waals surface area contributed by atoms with E-state index in [9.17, 15) is 5.11 Å². The van der Waals surface area contributed by atoms with E-state index in [1.54, 1.807) is 0 Å². The number of nitrogen functional groups attached to an aromatic ring is 1. The maximum atomic E-state index is 9.73. The maximum absolute atomic E-state index is 9.73. The van der Waals surface area contributed by atoms with E-state index < -0.39 is 0 Å². The molecule has 4 aromatic rings. The lowest BCUT2D eigenvalue weighted by molar-refractivity contribution is 0.266. The lowest BCUT2D eigenvalue weighted by atomic mass is 10.1. The maximum Gasteiger partial charge on any atom is 0.155 e. The molecular weight excluding hydrogens is 378 g/mol. The molecule has 2 aromatic heterocycles. The summed E-state index contributed by atoms with van der Waals surface area (Å²) >= 11 is 0. The van der Waals surface area contributed by atoms with Crippen molar-refractivity contribution in [2.24, 2.45) is 0 Å². The van der Waals surface area contributed by atoms with Crippen LogP contribution in [-0.4, -0.2) is 39.5 Å². The molecule has 7 heteroatoms. The summed E-state index contributed by atoms with van der Waals surface area (Å²) in [5.74, 6) is 2.78. The minimum atomic E-state index is 0.0877. The van der Waals surface area contributed by atoms with Gasteiger partial charge < -0.3 is 20.5 Å². The highest BCUT2D eigenvalue weighted by Gasteiger charge is 2.26. The first-order chi connectivity index (χ1) is 14.7. The molecular formula is C23H23N5O2. The van der Waals surface area contributed by atoms with Crippen LogP contribution >= 0.6 is 0 Å². The van der Waals surface area contributed by atoms with Crippen molar-refractivity contribution in [3.05, 3.63) is 60.7 Å². The Morgan fingerprint density at radius 1 is 1.10 bits per heavy atom. The third-order valence-corrected chi connectivity index (χ3v) is 5.55. The highest BCUT2D eigenvalue weighted by Crippen LogP contribution is 2.35. The number of para-hydroxylation sites is 1. The van der Waals surface area contributed by atoms with Gasteiger partial charge in [-0.05, 0) is 49.2 Å². The zero-order valence-corrected chi connectivity index (χ0v) is 16.5. The van der Waals surface area contributed by atoms with Gasteiger partial charge in [-0.1, -0.05) is 18.2 Å². The summed E-state index contributed by atoms with van der Waals surface area (Å²) in [6.07, 6.45) is 2.00. The van der Waals surface area contributed by atoms with E-state index in [0.717, 1.165) is 58.9 Å². The molecule has 7 nitrogen and oxygen atoms in total. The topological polar surface area (TPSA) is 100 Å². The second-order valence-electron chi connectivity index (χ2n) is 7.47. The molecule has 1 fully saturated rings. The summed E-state index contributed by atoms with van der Waals surface area (Å²) in [5.41, 5.74) is 8.67. The molecule has 2 aromatic carbocycles. The predicted molar refractivity (Wildman–Crippen MR) is 118 cm³/mol. The van der Waals surface area contributed by atoms with E-state index in [1.807, 2.05) is 60.7 Å². The number of pyridine rings is 1. The van der Waals surface area contributed by atoms with Crippen molar-refractivity contribution in [1.29, 1.82) is 0 Å². The van der Waals surface area contributed by atoms with Crippen LogP contribution in [0, 0.1) is 0 Å². The Labute approximate surface area is 174 Å². The zero-order chi connectivity index (χ0) is 20.5. The first kappa shape index (κ1) is 18.4. The van der Waals surface area contributed by atoms with Crippen molar-refractivity contribution >= 4 is 22.5 Å². The van der Waals surface area contributed by atoms with Gasteiger partial charge in [-0.15, -0.1) is 0 Å². The Morgan fingerprint density at radius 2 is 1.87 bits per heavy atom. The number of hydrogen-bond donors (Lipinski definition) is 3. The van der Waals surface area contributed by atoms with Crippen molar-refractivity contribution in [2.75, 3.05) is 23.8 Å². The number of aliphatic hydroxyl groups is 1. The number of nitrogens with one attached hydrogen (secondary N) is 1. The molecule has 1 aliphatic rings. The smallest absolute Gasteiger partial charge is 0.155 e. The lowest BCUT2D eigenvalue weighted by Gasteiger charge is -2.24. The van der Waals surface area contributed by atoms with Gasteiger partial charge in [0.05, 0.1) is 29.2 Å². The number of rotatable bonds is 5. The van der Waals surface area contributed by atoms with Crippen LogP contribution in [0.3, 0.4) is 0 Å². The number of anilines is 2. The van der Waals surface area contributed by atoms with E-state index in [0.29, 0.717) is 5.82 Å². The van der Waals surface area contributed by atoms with Crippen LogP contribution in [-0.2, 0) is 0 Å². The number of nitrogens with zero attached hydrogens (tertiary/aromatic N) is 3. The molecule has 4 N–H and O–H groups in total. The van der Waals surface area contributed by atoms with E-state index in [-0.39, 0.29) is 12.6 Å². The lowest BCUT2D eigenvalue weighted by Crippen LogP contribution is -2.32. The van der Waals surface area contributed by atoms with Gasteiger partial charge in [0.1, 0.15) is 17.3 Å². The molecule has 0 spiro atoms. The summed E-state index contributed by atoms with van der Waals surface area (Å²) in [4.78, 5) is 7.09. The fraction of sp³-hybridized carbons (Fsp3) is 0.217. The summed E-state index contributed by atoms with van der Waals surface area (Å²) in [6, 6.07) is 19.5. The molecule has 152 valence electrons. The first-order valence-corrected chi connectivity index (χ1v) is 10.1. The largest absolute Gasteiger partial charge is 0.457 e. The van der Waals surface area contributed by atoms with Crippen molar-refractivity contribution < 1.29 is 9.84 Å². The summed E-state index contributed by atoms with van der Waals surface area (Å²) < 4.78 is 5.90. The Kier molecular flexibility index (Phi) is 4.72. The van der Waals surface area contributed by atoms with Crippen LogP contribution < -0.4 is 15.4 Å². The predicted octanol–water partition coefficient (Wildman–Crippen LogP) is 3.96. The van der Waals surface area contributed by atoms with Crippen LogP contribution in [0.2, 0.25) is 0 Å². The minimum Gasteiger partial charge on any atom is -0.457 e. The number of aromatic amines is 1. The third kappa shape index (κ3) is 3.33. The standard InChI is InChI=1S/C23H23N5O2/c24-23-21-19(26-27-23)13-20(28-12-4-5-16(28)14-29)25-22(21)15-8-10-18(11-9-15)30-17-6-2-1-3-7-17/h1-3,6-11,13,16,29H,4-5,12,14H2,(H3,24,26,27). The molecule has 1 saturated heterocycles. The minimum absolute atomic E-state index is 0.0877. The van der Waals surface area contributed by atoms with Gasteiger partial charge in [0.2, 0.25) is 0 Å². The molecule has 1 aliphatic heterocycles. The van der Waals surface area contributed by atoms with Crippen LogP contribution in [0.25, 0.3) is 22.2 Å². The van der Waals surface area contributed by atoms with Gasteiger partial charge >= 0.3 is 0 Å². The van der Waals surface area contributed by atoms with Crippen molar-refractivity contribution in [2.45, 2.75) is 18.9 Å². The van der Waals surface area contributed by atoms with E-state index in [4.69, 9.17) is 15.5 Å². The molecule has 1 atom stereocenters. The quantitative estimate of drug-likeness (QED) is 0.468. The van der Waals surface area contributed by atoms with Gasteiger partial charge in [0.15, 0.2) is 5.82 Å². The van der Waals surface area contributed by atoms with Gasteiger partial charge in [0, 0.05) is 18.2 Å². The van der Waals surface area contributed by atoms with E-state index in [1.165, 1.54) is 0 Å². The molecule has 0 bridgehead atoms. The summed E-state index contributed by atoms with van der Waals surface area (Å²) in [5, 5.41) is 17.7. The molecule has 0 aliphatic carbocycles. The summed E-state index contributed by atoms with van der Waals surface area (Å²) in [7, 11) is 0. The fourth-order valence-corrected chi connectivity index (χ4v) is 4.04. The van der Waals surface area contributed by atoms with Crippen LogP contribution in [0.5, 0.6) is 11.5 Å². The number of H-pyrrole nitrogens is 1. The zero-order valence-electron chi connectivity index (χ0n) is 16.5. The Hall–Kier alpha value is -3.58. The normalized spacial score (nSPS) is 16.3. The second kappa shape index (κ2) is 7.68. The SMILES string of the molecule is Nc1n[nH]c2cc(N3CCCC3CO)nc(-c3ccc(Oc4ccccc4)cc3)c12. The Balaban J connectivity index is 1.53. The Morgan fingerprint density at radius 3 is 2.63 bits per heavy atom. The molecule has 0 amide bonds. The highest BCUT2D eigenvalue weighted by molar-refractivity contribution is 6.01. The van der Waals surface area contributed by atoms with Crippen LogP contribution in [0.4, 0.5) is 11.6 Å². The van der Waals surface area contributed by atoms with Gasteiger partial charge in [-0.25, -0.2) is 4.98 Å². The van der Waals surface area contributed by atoms with Crippen molar-refractivity contribution in [1.82, 2.24) is 15.2 Å². The number of hydrogen-bond acceptors (Lipinski definition) is 6. The average Bonchev–Trinajstić information content (AvgIpc) is 3.41. The average molecular weight is 401 g/mol. The molecule has 0 radical (unpaired) electrons. The van der Waals surface area contributed by atoms with Crippen molar-refractivity contribution in [3.8, 4) is 22.8 Å². The number of fused-ring (bicyclic) bond motifs is 1. The third-order valence-electron chi connectivity index (χ3n) is 5.55. The summed E-state index contributed by atoms with van der Waals surface area (Å²) in [6.45, 7) is 0.988. The van der Waals surface area contributed by atoms with Crippen molar-refractivity contribution in [3.63, 3.8) is 0 Å².